The van der Waals surface area contributed by atoms with Crippen LogP contribution in [0.4, 0.5) is 0 Å². The van der Waals surface area contributed by atoms with Crippen molar-refractivity contribution in [3.8, 4) is 0 Å². The smallest absolute Gasteiger partial charge is 0.0654 e. The number of likely N-dealkylation sites (N-methyl/N-ethyl adjacent to an activating group) is 1. The number of benzene rings is 1. The Morgan fingerprint density at radius 1 is 1.29 bits per heavy atom. The van der Waals surface area contributed by atoms with Crippen LogP contribution in [0, 0.1) is 11.3 Å². The number of ether oxygens (including phenoxy) is 1. The third-order valence-corrected chi connectivity index (χ3v) is 6.47. The molecule has 0 bridgehead atoms. The fourth-order valence-electron chi connectivity index (χ4n) is 4.95. The van der Waals surface area contributed by atoms with Crippen LogP contribution in [0.2, 0.25) is 0 Å². The molecule has 1 spiro atoms. The molecule has 1 aromatic rings. The van der Waals surface area contributed by atoms with Gasteiger partial charge in [-0.2, -0.15) is 0 Å². The third-order valence-electron chi connectivity index (χ3n) is 6.47. The van der Waals surface area contributed by atoms with Gasteiger partial charge in [-0.1, -0.05) is 32.5 Å². The lowest BCUT2D eigenvalue weighted by Gasteiger charge is -2.28. The second kappa shape index (κ2) is 6.78. The zero-order valence-electron chi connectivity index (χ0n) is 14.8. The summed E-state index contributed by atoms with van der Waals surface area (Å²) in [6, 6.07) is 7.33. The van der Waals surface area contributed by atoms with Crippen molar-refractivity contribution in [3.63, 3.8) is 0 Å². The number of hydrogen-bond acceptors (Lipinski definition) is 3. The molecule has 0 aromatic heterocycles. The second-order valence-corrected chi connectivity index (χ2v) is 8.02. The molecule has 2 aliphatic heterocycles. The monoisotopic (exact) mass is 330 g/mol. The maximum atomic E-state index is 5.73. The quantitative estimate of drug-likeness (QED) is 0.898. The molecule has 24 heavy (non-hydrogen) atoms. The highest BCUT2D eigenvalue weighted by Crippen LogP contribution is 2.61. The van der Waals surface area contributed by atoms with E-state index < -0.39 is 0 Å². The molecular weight excluding hydrogens is 296 g/mol. The number of likely N-dealkylation sites (tertiary alicyclic amines) is 1. The van der Waals surface area contributed by atoms with Crippen LogP contribution in [-0.4, -0.2) is 51.3 Å². The lowest BCUT2D eigenvalue weighted by molar-refractivity contribution is 0.140. The van der Waals surface area contributed by atoms with Crippen LogP contribution in [0.15, 0.2) is 18.2 Å². The third kappa shape index (κ3) is 2.91. The van der Waals surface area contributed by atoms with Gasteiger partial charge in [-0.25, -0.2) is 0 Å². The van der Waals surface area contributed by atoms with Gasteiger partial charge in [0.05, 0.1) is 6.10 Å². The van der Waals surface area contributed by atoms with E-state index in [1.807, 2.05) is 7.11 Å². The highest BCUT2D eigenvalue weighted by molar-refractivity contribution is 5.38. The Morgan fingerprint density at radius 3 is 2.67 bits per heavy atom. The van der Waals surface area contributed by atoms with Crippen molar-refractivity contribution in [2.45, 2.75) is 45.6 Å². The van der Waals surface area contributed by atoms with Gasteiger partial charge < -0.3 is 15.0 Å². The second-order valence-electron chi connectivity index (χ2n) is 8.02. The van der Waals surface area contributed by atoms with Crippen LogP contribution >= 0.6 is 0 Å². The van der Waals surface area contributed by atoms with Crippen molar-refractivity contribution in [1.29, 1.82) is 0 Å². The van der Waals surface area contributed by atoms with Crippen molar-refractivity contribution >= 4 is 0 Å². The number of nitrogens with one attached hydrogen (secondary N) is 1. The number of methoxy groups -OCH3 is 1. The van der Waals surface area contributed by atoms with Crippen LogP contribution in [0.5, 0.6) is 0 Å². The van der Waals surface area contributed by atoms with E-state index in [0.29, 0.717) is 17.4 Å². The molecular formula is C21H34N2O. The first-order valence-electron chi connectivity index (χ1n) is 9.20. The van der Waals surface area contributed by atoms with Gasteiger partial charge in [0.25, 0.3) is 0 Å². The summed E-state index contributed by atoms with van der Waals surface area (Å²) in [4.78, 5) is 2.49. The summed E-state index contributed by atoms with van der Waals surface area (Å²) >= 11 is 0. The van der Waals surface area contributed by atoms with Crippen molar-refractivity contribution in [2.24, 2.45) is 11.3 Å². The lowest BCUT2D eigenvalue weighted by Crippen LogP contribution is -2.43. The molecule has 1 aliphatic carbocycles. The molecule has 134 valence electrons. The zero-order valence-corrected chi connectivity index (χ0v) is 14.8. The topological polar surface area (TPSA) is 24.5 Å². The minimum atomic E-state index is 0. The summed E-state index contributed by atoms with van der Waals surface area (Å²) in [6.45, 7) is 7.03. The number of aryl methyl sites for hydroxylation is 1. The Labute approximate surface area is 147 Å². The molecule has 3 atom stereocenters. The van der Waals surface area contributed by atoms with Gasteiger partial charge in [0, 0.05) is 31.5 Å². The Hall–Kier alpha value is -0.900. The van der Waals surface area contributed by atoms with Crippen molar-refractivity contribution < 1.29 is 4.74 Å². The van der Waals surface area contributed by atoms with Crippen LogP contribution in [0.3, 0.4) is 0 Å². The lowest BCUT2D eigenvalue weighted by atomic mass is 9.82. The van der Waals surface area contributed by atoms with Crippen LogP contribution in [0.25, 0.3) is 0 Å². The SMILES string of the molecule is C.CCc1ccc(C2CN(C)CC23CC3OC)cc1CC1CNC1. The molecule has 3 nitrogen and oxygen atoms in total. The minimum absolute atomic E-state index is 0. The predicted molar refractivity (Wildman–Crippen MR) is 101 cm³/mol. The van der Waals surface area contributed by atoms with E-state index in [2.05, 4.69) is 42.4 Å². The summed E-state index contributed by atoms with van der Waals surface area (Å²) in [7, 11) is 4.14. The Morgan fingerprint density at radius 2 is 2.08 bits per heavy atom. The first-order valence-corrected chi connectivity index (χ1v) is 9.20. The van der Waals surface area contributed by atoms with E-state index in [-0.39, 0.29) is 7.43 Å². The fourth-order valence-corrected chi connectivity index (χ4v) is 4.95. The molecule has 1 aromatic carbocycles. The highest BCUT2D eigenvalue weighted by Gasteiger charge is 2.63. The van der Waals surface area contributed by atoms with Gasteiger partial charge in [0.2, 0.25) is 0 Å². The maximum Gasteiger partial charge on any atom is 0.0654 e. The largest absolute Gasteiger partial charge is 0.381 e. The van der Waals surface area contributed by atoms with E-state index in [1.165, 1.54) is 39.0 Å². The van der Waals surface area contributed by atoms with Crippen LogP contribution < -0.4 is 5.32 Å². The first kappa shape index (κ1) is 17.9. The van der Waals surface area contributed by atoms with E-state index >= 15 is 0 Å². The number of hydrogen-bond donors (Lipinski definition) is 1. The number of nitrogens with zero attached hydrogens (tertiary/aromatic N) is 1. The standard InChI is InChI=1S/C20H30N2O.CH4/c1-4-15-5-6-16(8-17(15)7-14-10-21-11-14)18-12-22(2)13-20(18)9-19(20)23-3;/h5-6,8,14,18-19,21H,4,7,9-13H2,1-3H3;1H4. The van der Waals surface area contributed by atoms with Crippen LogP contribution in [0.1, 0.15) is 43.4 Å². The zero-order chi connectivity index (χ0) is 16.0. The van der Waals surface area contributed by atoms with Crippen molar-refractivity contribution in [3.05, 3.63) is 34.9 Å². The Kier molecular flexibility index (Phi) is 5.06. The summed E-state index contributed by atoms with van der Waals surface area (Å²) in [5.74, 6) is 1.48. The molecule has 2 heterocycles. The van der Waals surface area contributed by atoms with Gasteiger partial charge in [-0.15, -0.1) is 0 Å². The van der Waals surface area contributed by atoms with Gasteiger partial charge in [-0.3, -0.25) is 0 Å². The van der Waals surface area contributed by atoms with Crippen LogP contribution in [-0.2, 0) is 17.6 Å². The van der Waals surface area contributed by atoms with Gasteiger partial charge in [0.1, 0.15) is 0 Å². The molecule has 3 fully saturated rings. The fraction of sp³-hybridized carbons (Fsp3) is 0.714. The molecule has 0 amide bonds. The molecule has 1 saturated carbocycles. The predicted octanol–water partition coefficient (Wildman–Crippen LogP) is 3.08. The molecule has 4 rings (SSSR count). The Balaban J connectivity index is 0.00000169. The van der Waals surface area contributed by atoms with E-state index in [9.17, 15) is 0 Å². The highest BCUT2D eigenvalue weighted by atomic mass is 16.5. The summed E-state index contributed by atoms with van der Waals surface area (Å²) < 4.78 is 5.73. The average molecular weight is 331 g/mol. The first-order chi connectivity index (χ1) is 11.2. The molecule has 3 heteroatoms. The normalized spacial score (nSPS) is 32.6. The average Bonchev–Trinajstić information content (AvgIpc) is 3.11. The van der Waals surface area contributed by atoms with Gasteiger partial charge >= 0.3 is 0 Å². The molecule has 1 N–H and O–H groups in total. The maximum absolute atomic E-state index is 5.73. The van der Waals surface area contributed by atoms with E-state index in [1.54, 1.807) is 16.7 Å². The van der Waals surface area contributed by atoms with E-state index in [0.717, 1.165) is 12.3 Å². The van der Waals surface area contributed by atoms with Crippen molar-refractivity contribution in [1.82, 2.24) is 10.2 Å². The Bertz CT molecular complexity index is 583. The molecule has 3 unspecified atom stereocenters. The summed E-state index contributed by atoms with van der Waals surface area (Å²) in [6.07, 6.45) is 4.08. The number of rotatable bonds is 5. The van der Waals surface area contributed by atoms with Gasteiger partial charge in [0.15, 0.2) is 0 Å². The van der Waals surface area contributed by atoms with Gasteiger partial charge in [-0.05, 0) is 62.0 Å². The minimum Gasteiger partial charge on any atom is -0.381 e. The summed E-state index contributed by atoms with van der Waals surface area (Å²) in [5, 5.41) is 3.41. The van der Waals surface area contributed by atoms with E-state index in [4.69, 9.17) is 4.74 Å². The van der Waals surface area contributed by atoms with Crippen molar-refractivity contribution in [2.75, 3.05) is 40.3 Å². The summed E-state index contributed by atoms with van der Waals surface area (Å²) in [5.41, 5.74) is 5.07. The molecule has 2 saturated heterocycles. The molecule has 0 radical (unpaired) electrons. The molecule has 3 aliphatic rings.